The van der Waals surface area contributed by atoms with Crippen LogP contribution in [0.25, 0.3) is 6.08 Å². The molecule has 2 rings (SSSR count). The van der Waals surface area contributed by atoms with E-state index >= 15 is 0 Å². The highest BCUT2D eigenvalue weighted by Crippen LogP contribution is 2.34. The fourth-order valence-electron chi connectivity index (χ4n) is 1.59. The second kappa shape index (κ2) is 5.97. The van der Waals surface area contributed by atoms with Gasteiger partial charge in [0.05, 0.1) is 15.0 Å². The standard InChI is InChI=1S/C13H12Br2N2O3/c1-6(2)20-13-8(12(19)16-17-13)3-7-4-9(14)11(18)10(15)5-7/h3-6,18H,1-2H3,(H,16,19). The van der Waals surface area contributed by atoms with E-state index in [9.17, 15) is 9.90 Å². The second-order valence-corrected chi connectivity index (χ2v) is 6.12. The van der Waals surface area contributed by atoms with E-state index in [0.717, 1.165) is 5.56 Å². The number of nitrogens with one attached hydrogen (secondary N) is 1. The van der Waals surface area contributed by atoms with Gasteiger partial charge in [-0.05, 0) is 69.5 Å². The van der Waals surface area contributed by atoms with E-state index < -0.39 is 0 Å². The number of hydrazone groups is 1. The van der Waals surface area contributed by atoms with E-state index in [1.54, 1.807) is 18.2 Å². The second-order valence-electron chi connectivity index (χ2n) is 4.42. The minimum atomic E-state index is -0.319. The number of halogens is 2. The lowest BCUT2D eigenvalue weighted by Gasteiger charge is -2.09. The first-order chi connectivity index (χ1) is 9.38. The summed E-state index contributed by atoms with van der Waals surface area (Å²) < 4.78 is 6.53. The van der Waals surface area contributed by atoms with Crippen molar-refractivity contribution in [2.24, 2.45) is 5.10 Å². The molecule has 1 amide bonds. The molecule has 1 aliphatic rings. The summed E-state index contributed by atoms with van der Waals surface area (Å²) >= 11 is 6.49. The third-order valence-electron chi connectivity index (χ3n) is 2.43. The summed E-state index contributed by atoms with van der Waals surface area (Å²) in [6, 6.07) is 3.40. The van der Waals surface area contributed by atoms with Crippen molar-refractivity contribution in [3.8, 4) is 5.75 Å². The Morgan fingerprint density at radius 3 is 2.50 bits per heavy atom. The fraction of sp³-hybridized carbons (Fsp3) is 0.231. The van der Waals surface area contributed by atoms with Crippen LogP contribution in [0.2, 0.25) is 0 Å². The number of amides is 1. The molecular weight excluding hydrogens is 392 g/mol. The minimum Gasteiger partial charge on any atom is -0.506 e. The number of phenols is 1. The van der Waals surface area contributed by atoms with E-state index in [-0.39, 0.29) is 23.7 Å². The molecule has 1 aromatic rings. The largest absolute Gasteiger partial charge is 0.506 e. The summed E-state index contributed by atoms with van der Waals surface area (Å²) in [6.45, 7) is 3.72. The minimum absolute atomic E-state index is 0.0804. The number of benzene rings is 1. The summed E-state index contributed by atoms with van der Waals surface area (Å²) in [5.74, 6) is 0.0571. The van der Waals surface area contributed by atoms with E-state index in [1.165, 1.54) is 0 Å². The molecule has 0 bridgehead atoms. The Hall–Kier alpha value is -1.34. The molecule has 20 heavy (non-hydrogen) atoms. The van der Waals surface area contributed by atoms with Crippen LogP contribution >= 0.6 is 31.9 Å². The molecule has 2 N–H and O–H groups in total. The predicted molar refractivity (Wildman–Crippen MR) is 83.3 cm³/mol. The van der Waals surface area contributed by atoms with Crippen LogP contribution in [-0.2, 0) is 9.53 Å². The lowest BCUT2D eigenvalue weighted by Crippen LogP contribution is -2.16. The van der Waals surface area contributed by atoms with Gasteiger partial charge in [0, 0.05) is 0 Å². The Morgan fingerprint density at radius 2 is 1.95 bits per heavy atom. The van der Waals surface area contributed by atoms with Gasteiger partial charge in [-0.15, -0.1) is 5.10 Å². The van der Waals surface area contributed by atoms with Gasteiger partial charge in [-0.25, -0.2) is 5.43 Å². The molecule has 0 aromatic heterocycles. The third-order valence-corrected chi connectivity index (χ3v) is 3.64. The molecule has 7 heteroatoms. The van der Waals surface area contributed by atoms with Crippen molar-refractivity contribution in [2.75, 3.05) is 0 Å². The van der Waals surface area contributed by atoms with Crippen molar-refractivity contribution in [2.45, 2.75) is 20.0 Å². The molecule has 0 atom stereocenters. The van der Waals surface area contributed by atoms with Gasteiger partial charge >= 0.3 is 0 Å². The van der Waals surface area contributed by atoms with E-state index in [0.29, 0.717) is 14.5 Å². The van der Waals surface area contributed by atoms with Crippen molar-refractivity contribution < 1.29 is 14.6 Å². The van der Waals surface area contributed by atoms with Crippen molar-refractivity contribution in [3.05, 3.63) is 32.2 Å². The van der Waals surface area contributed by atoms with Crippen LogP contribution in [0.1, 0.15) is 19.4 Å². The first-order valence-electron chi connectivity index (χ1n) is 5.83. The van der Waals surface area contributed by atoms with E-state index in [2.05, 4.69) is 42.4 Å². The topological polar surface area (TPSA) is 70.9 Å². The van der Waals surface area contributed by atoms with Crippen LogP contribution in [0, 0.1) is 0 Å². The molecule has 5 nitrogen and oxygen atoms in total. The summed E-state index contributed by atoms with van der Waals surface area (Å²) in [6.07, 6.45) is 1.57. The van der Waals surface area contributed by atoms with Gasteiger partial charge in [0.15, 0.2) is 0 Å². The maximum absolute atomic E-state index is 11.8. The number of rotatable bonds is 2. The third kappa shape index (κ3) is 3.21. The maximum atomic E-state index is 11.8. The monoisotopic (exact) mass is 402 g/mol. The Morgan fingerprint density at radius 1 is 1.35 bits per heavy atom. The SMILES string of the molecule is CC(C)OC1=NNC(=O)C1=Cc1cc(Br)c(O)c(Br)c1. The van der Waals surface area contributed by atoms with Crippen molar-refractivity contribution in [1.82, 2.24) is 5.43 Å². The quantitative estimate of drug-likeness (QED) is 0.745. The average molecular weight is 404 g/mol. The molecule has 1 heterocycles. The number of ether oxygens (including phenoxy) is 1. The number of nitrogens with zero attached hydrogens (tertiary/aromatic N) is 1. The number of hydrogen-bond acceptors (Lipinski definition) is 4. The zero-order valence-corrected chi connectivity index (χ0v) is 13.9. The van der Waals surface area contributed by atoms with Crippen LogP contribution in [-0.4, -0.2) is 23.0 Å². The molecular formula is C13H12Br2N2O3. The maximum Gasteiger partial charge on any atom is 0.277 e. The molecule has 0 fully saturated rings. The average Bonchev–Trinajstić information content (AvgIpc) is 2.68. The first kappa shape index (κ1) is 15.1. The summed E-state index contributed by atoms with van der Waals surface area (Å²) in [4.78, 5) is 11.8. The summed E-state index contributed by atoms with van der Waals surface area (Å²) in [7, 11) is 0. The molecule has 0 spiro atoms. The lowest BCUT2D eigenvalue weighted by atomic mass is 10.1. The fourth-order valence-corrected chi connectivity index (χ4v) is 2.82. The smallest absolute Gasteiger partial charge is 0.277 e. The molecule has 0 saturated heterocycles. The lowest BCUT2D eigenvalue weighted by molar-refractivity contribution is -0.116. The van der Waals surface area contributed by atoms with E-state index in [1.807, 2.05) is 13.8 Å². The first-order valence-corrected chi connectivity index (χ1v) is 7.42. The van der Waals surface area contributed by atoms with Crippen LogP contribution in [0.3, 0.4) is 0 Å². The Labute approximate surface area is 133 Å². The van der Waals surface area contributed by atoms with Crippen LogP contribution in [0.4, 0.5) is 0 Å². The molecule has 0 unspecified atom stereocenters. The molecule has 1 aromatic carbocycles. The highest BCUT2D eigenvalue weighted by Gasteiger charge is 2.25. The molecule has 0 aliphatic carbocycles. The van der Waals surface area contributed by atoms with Gasteiger partial charge in [0.25, 0.3) is 5.91 Å². The summed E-state index contributed by atoms with van der Waals surface area (Å²) in [5.41, 5.74) is 3.45. The zero-order chi connectivity index (χ0) is 14.9. The number of hydrogen-bond donors (Lipinski definition) is 2. The van der Waals surface area contributed by atoms with Gasteiger partial charge in [-0.1, -0.05) is 0 Å². The highest BCUT2D eigenvalue weighted by molar-refractivity contribution is 9.11. The zero-order valence-electron chi connectivity index (χ0n) is 10.8. The Kier molecular flexibility index (Phi) is 4.49. The Bertz CT molecular complexity index is 601. The number of carbonyl (C=O) groups excluding carboxylic acids is 1. The number of aromatic hydroxyl groups is 1. The predicted octanol–water partition coefficient (Wildman–Crippen LogP) is 3.17. The van der Waals surface area contributed by atoms with Crippen LogP contribution in [0.5, 0.6) is 5.75 Å². The van der Waals surface area contributed by atoms with Gasteiger partial charge in [-0.2, -0.15) is 0 Å². The number of carbonyl (C=O) groups is 1. The van der Waals surface area contributed by atoms with Gasteiger partial charge in [0.2, 0.25) is 5.90 Å². The van der Waals surface area contributed by atoms with E-state index in [4.69, 9.17) is 4.74 Å². The van der Waals surface area contributed by atoms with Crippen LogP contribution < -0.4 is 5.43 Å². The van der Waals surface area contributed by atoms with Crippen molar-refractivity contribution in [3.63, 3.8) is 0 Å². The van der Waals surface area contributed by atoms with Gasteiger partial charge in [-0.3, -0.25) is 4.79 Å². The van der Waals surface area contributed by atoms with Crippen LogP contribution in [0.15, 0.2) is 31.8 Å². The highest BCUT2D eigenvalue weighted by atomic mass is 79.9. The molecule has 1 aliphatic heterocycles. The van der Waals surface area contributed by atoms with Crippen molar-refractivity contribution >= 4 is 49.7 Å². The normalized spacial score (nSPS) is 16.6. The molecule has 0 radical (unpaired) electrons. The van der Waals surface area contributed by atoms with Crippen molar-refractivity contribution in [1.29, 1.82) is 0 Å². The molecule has 106 valence electrons. The molecule has 0 saturated carbocycles. The van der Waals surface area contributed by atoms with Gasteiger partial charge in [0.1, 0.15) is 11.3 Å². The Balaban J connectivity index is 2.38. The van der Waals surface area contributed by atoms with Gasteiger partial charge < -0.3 is 9.84 Å². The number of phenolic OH excluding ortho intramolecular Hbond substituents is 1. The summed E-state index contributed by atoms with van der Waals surface area (Å²) in [5, 5.41) is 13.5.